The van der Waals surface area contributed by atoms with E-state index < -0.39 is 18.0 Å². The molecule has 7 nitrogen and oxygen atoms in total. The molecule has 0 aliphatic heterocycles. The van der Waals surface area contributed by atoms with E-state index in [9.17, 15) is 14.3 Å². The summed E-state index contributed by atoms with van der Waals surface area (Å²) in [5, 5.41) is 26.8. The maximum atomic E-state index is 13.4. The molecule has 8 heteroatoms. The Morgan fingerprint density at radius 1 is 1.19 bits per heavy atom. The number of halogens is 1. The highest BCUT2D eigenvalue weighted by molar-refractivity contribution is 5.89. The van der Waals surface area contributed by atoms with Gasteiger partial charge in [0.1, 0.15) is 30.3 Å². The first-order valence-corrected chi connectivity index (χ1v) is 8.40. The Hall–Kier alpha value is -3.15. The summed E-state index contributed by atoms with van der Waals surface area (Å²) >= 11 is 0. The first kappa shape index (κ1) is 20.2. The first-order valence-electron chi connectivity index (χ1n) is 8.40. The lowest BCUT2D eigenvalue weighted by Gasteiger charge is -2.14. The fraction of sp³-hybridized carbons (Fsp3) is 0.263. The molecule has 4 N–H and O–H groups in total. The second-order valence-corrected chi connectivity index (χ2v) is 5.64. The highest BCUT2D eigenvalue weighted by atomic mass is 19.1. The van der Waals surface area contributed by atoms with E-state index in [-0.39, 0.29) is 18.8 Å². The standard InChI is InChI=1S/C19H21FN4O3/c20-16-6-2-3-7-17(16)24-19(26)23-10-9-22-12-15(25)13-27-18-8-4-1-5-14(18)11-21/h1-8,15,22,25H,9-10,12-13H2,(H2,23,24,26)/t15-/m0/s1. The van der Waals surface area contributed by atoms with Gasteiger partial charge in [-0.2, -0.15) is 5.26 Å². The van der Waals surface area contributed by atoms with Crippen molar-refractivity contribution in [3.63, 3.8) is 0 Å². The zero-order chi connectivity index (χ0) is 19.5. The summed E-state index contributed by atoms with van der Waals surface area (Å²) in [6, 6.07) is 14.2. The van der Waals surface area contributed by atoms with Crippen LogP contribution in [0.5, 0.6) is 5.75 Å². The molecule has 2 aromatic rings. The van der Waals surface area contributed by atoms with Crippen LogP contribution in [0.4, 0.5) is 14.9 Å². The van der Waals surface area contributed by atoms with Crippen molar-refractivity contribution < 1.29 is 19.0 Å². The van der Waals surface area contributed by atoms with Crippen molar-refractivity contribution in [3.8, 4) is 11.8 Å². The van der Waals surface area contributed by atoms with Crippen LogP contribution in [0.25, 0.3) is 0 Å². The van der Waals surface area contributed by atoms with Gasteiger partial charge in [-0.15, -0.1) is 0 Å². The number of anilines is 1. The van der Waals surface area contributed by atoms with Gasteiger partial charge in [-0.3, -0.25) is 0 Å². The minimum absolute atomic E-state index is 0.0346. The highest BCUT2D eigenvalue weighted by Crippen LogP contribution is 2.16. The van der Waals surface area contributed by atoms with Crippen molar-refractivity contribution in [1.82, 2.24) is 10.6 Å². The van der Waals surface area contributed by atoms with E-state index in [0.717, 1.165) is 0 Å². The molecule has 0 saturated heterocycles. The van der Waals surface area contributed by atoms with Gasteiger partial charge >= 0.3 is 6.03 Å². The number of para-hydroxylation sites is 2. The van der Waals surface area contributed by atoms with E-state index in [0.29, 0.717) is 24.4 Å². The molecule has 27 heavy (non-hydrogen) atoms. The average molecular weight is 372 g/mol. The predicted octanol–water partition coefficient (Wildman–Crippen LogP) is 1.85. The molecule has 0 aliphatic carbocycles. The molecule has 0 spiro atoms. The molecule has 0 fully saturated rings. The van der Waals surface area contributed by atoms with Gasteiger partial charge in [0.05, 0.1) is 11.3 Å². The lowest BCUT2D eigenvalue weighted by Crippen LogP contribution is -2.38. The molecule has 0 aromatic heterocycles. The number of benzene rings is 2. The van der Waals surface area contributed by atoms with Crippen molar-refractivity contribution in [2.24, 2.45) is 0 Å². The zero-order valence-corrected chi connectivity index (χ0v) is 14.6. The summed E-state index contributed by atoms with van der Waals surface area (Å²) in [5.74, 6) is -0.0857. The zero-order valence-electron chi connectivity index (χ0n) is 14.6. The smallest absolute Gasteiger partial charge is 0.319 e. The quantitative estimate of drug-likeness (QED) is 0.503. The van der Waals surface area contributed by atoms with E-state index in [1.54, 1.807) is 30.3 Å². The summed E-state index contributed by atoms with van der Waals surface area (Å²) < 4.78 is 18.8. The number of hydrogen-bond donors (Lipinski definition) is 4. The summed E-state index contributed by atoms with van der Waals surface area (Å²) in [6.45, 7) is 1.000. The number of nitriles is 1. The van der Waals surface area contributed by atoms with Crippen molar-refractivity contribution in [1.29, 1.82) is 5.26 Å². The monoisotopic (exact) mass is 372 g/mol. The van der Waals surface area contributed by atoms with Crippen LogP contribution in [0.2, 0.25) is 0 Å². The van der Waals surface area contributed by atoms with Crippen LogP contribution in [-0.4, -0.2) is 43.5 Å². The Morgan fingerprint density at radius 3 is 2.70 bits per heavy atom. The molecular formula is C19H21FN4O3. The minimum Gasteiger partial charge on any atom is -0.489 e. The Balaban J connectivity index is 1.59. The Labute approximate surface area is 156 Å². The van der Waals surface area contributed by atoms with Crippen molar-refractivity contribution in [2.75, 3.05) is 31.6 Å². The lowest BCUT2D eigenvalue weighted by atomic mass is 10.2. The van der Waals surface area contributed by atoms with Crippen LogP contribution in [0.1, 0.15) is 5.56 Å². The summed E-state index contributed by atoms with van der Waals surface area (Å²) in [4.78, 5) is 11.7. The molecule has 1 atom stereocenters. The molecule has 2 aromatic carbocycles. The Bertz CT molecular complexity index is 795. The van der Waals surface area contributed by atoms with E-state index in [2.05, 4.69) is 16.0 Å². The molecule has 2 rings (SSSR count). The van der Waals surface area contributed by atoms with E-state index in [4.69, 9.17) is 10.00 Å². The third-order valence-electron chi connectivity index (χ3n) is 3.53. The number of ether oxygens (including phenoxy) is 1. The molecule has 0 unspecified atom stereocenters. The Morgan fingerprint density at radius 2 is 1.93 bits per heavy atom. The van der Waals surface area contributed by atoms with Crippen molar-refractivity contribution >= 4 is 11.7 Å². The number of carbonyl (C=O) groups is 1. The number of aliphatic hydroxyl groups excluding tert-OH is 1. The number of aliphatic hydroxyl groups is 1. The van der Waals surface area contributed by atoms with Crippen molar-refractivity contribution in [3.05, 3.63) is 59.9 Å². The fourth-order valence-corrected chi connectivity index (χ4v) is 2.19. The summed E-state index contributed by atoms with van der Waals surface area (Å²) in [5.41, 5.74) is 0.510. The predicted molar refractivity (Wildman–Crippen MR) is 98.9 cm³/mol. The molecule has 0 saturated carbocycles. The lowest BCUT2D eigenvalue weighted by molar-refractivity contribution is 0.106. The van der Waals surface area contributed by atoms with Gasteiger partial charge < -0.3 is 25.8 Å². The van der Waals surface area contributed by atoms with Gasteiger partial charge in [0.2, 0.25) is 0 Å². The second kappa shape index (κ2) is 10.8. The van der Waals surface area contributed by atoms with Gasteiger partial charge in [0.15, 0.2) is 0 Å². The normalized spacial score (nSPS) is 11.3. The molecule has 0 bridgehead atoms. The number of rotatable bonds is 9. The van der Waals surface area contributed by atoms with Crippen LogP contribution in [0.3, 0.4) is 0 Å². The minimum atomic E-state index is -0.774. The molecule has 0 heterocycles. The fourth-order valence-electron chi connectivity index (χ4n) is 2.19. The number of urea groups is 1. The molecular weight excluding hydrogens is 351 g/mol. The van der Waals surface area contributed by atoms with Crippen LogP contribution >= 0.6 is 0 Å². The maximum absolute atomic E-state index is 13.4. The van der Waals surface area contributed by atoms with Gasteiger partial charge in [0, 0.05) is 19.6 Å². The van der Waals surface area contributed by atoms with E-state index in [1.165, 1.54) is 18.2 Å². The highest BCUT2D eigenvalue weighted by Gasteiger charge is 2.08. The number of amides is 2. The van der Waals surface area contributed by atoms with Crippen molar-refractivity contribution in [2.45, 2.75) is 6.10 Å². The van der Waals surface area contributed by atoms with Crippen LogP contribution < -0.4 is 20.7 Å². The molecule has 0 aliphatic rings. The van der Waals surface area contributed by atoms with Gasteiger partial charge in [-0.25, -0.2) is 9.18 Å². The second-order valence-electron chi connectivity index (χ2n) is 5.64. The third-order valence-corrected chi connectivity index (χ3v) is 3.53. The molecule has 142 valence electrons. The number of hydrogen-bond acceptors (Lipinski definition) is 5. The maximum Gasteiger partial charge on any atom is 0.319 e. The van der Waals surface area contributed by atoms with Gasteiger partial charge in [-0.05, 0) is 24.3 Å². The van der Waals surface area contributed by atoms with Gasteiger partial charge in [-0.1, -0.05) is 24.3 Å². The number of nitrogens with zero attached hydrogens (tertiary/aromatic N) is 1. The summed E-state index contributed by atoms with van der Waals surface area (Å²) in [7, 11) is 0. The summed E-state index contributed by atoms with van der Waals surface area (Å²) in [6.07, 6.45) is -0.774. The van der Waals surface area contributed by atoms with E-state index in [1.807, 2.05) is 6.07 Å². The topological polar surface area (TPSA) is 106 Å². The Kier molecular flexibility index (Phi) is 8.03. The third kappa shape index (κ3) is 6.93. The molecule has 0 radical (unpaired) electrons. The van der Waals surface area contributed by atoms with Crippen LogP contribution in [0, 0.1) is 17.1 Å². The van der Waals surface area contributed by atoms with Crippen LogP contribution in [0.15, 0.2) is 48.5 Å². The largest absolute Gasteiger partial charge is 0.489 e. The van der Waals surface area contributed by atoms with Crippen LogP contribution in [-0.2, 0) is 0 Å². The first-order chi connectivity index (χ1) is 13.1. The average Bonchev–Trinajstić information content (AvgIpc) is 2.68. The number of nitrogens with one attached hydrogen (secondary N) is 3. The molecule has 2 amide bonds. The van der Waals surface area contributed by atoms with Gasteiger partial charge in [0.25, 0.3) is 0 Å². The number of carbonyl (C=O) groups excluding carboxylic acids is 1. The van der Waals surface area contributed by atoms with E-state index >= 15 is 0 Å². The SMILES string of the molecule is N#Cc1ccccc1OC[C@@H](O)CNCCNC(=O)Nc1ccccc1F.